The number of carbonyl (C=O) groups excluding carboxylic acids is 1. The summed E-state index contributed by atoms with van der Waals surface area (Å²) in [6, 6.07) is 13.7. The van der Waals surface area contributed by atoms with Gasteiger partial charge in [0.25, 0.3) is 5.91 Å². The minimum atomic E-state index is -0.0793. The molecular formula is C20H20N2O3S. The Balaban J connectivity index is 1.58. The van der Waals surface area contributed by atoms with Gasteiger partial charge in [0.15, 0.2) is 6.61 Å². The van der Waals surface area contributed by atoms with Gasteiger partial charge in [0.05, 0.1) is 28.6 Å². The summed E-state index contributed by atoms with van der Waals surface area (Å²) in [5, 5.41) is 11.4. The Morgan fingerprint density at radius 1 is 1.31 bits per heavy atom. The second-order valence-electron chi connectivity index (χ2n) is 6.36. The molecule has 2 aromatic heterocycles. The SMILES string of the molecule is O=C(COc1cc(-c2ccccc2)nc2ccsc12)N1CCC[C@@H]1CO. The van der Waals surface area contributed by atoms with Crippen molar-refractivity contribution >= 4 is 27.5 Å². The highest BCUT2D eigenvalue weighted by atomic mass is 32.1. The molecule has 1 aromatic carbocycles. The summed E-state index contributed by atoms with van der Waals surface area (Å²) >= 11 is 1.55. The van der Waals surface area contributed by atoms with E-state index in [4.69, 9.17) is 9.72 Å². The van der Waals surface area contributed by atoms with Gasteiger partial charge in [-0.1, -0.05) is 30.3 Å². The third-order valence-corrected chi connectivity index (χ3v) is 5.62. The van der Waals surface area contributed by atoms with Gasteiger partial charge in [-0.25, -0.2) is 4.98 Å². The Bertz CT molecular complexity index is 910. The van der Waals surface area contributed by atoms with E-state index in [2.05, 4.69) is 0 Å². The summed E-state index contributed by atoms with van der Waals surface area (Å²) < 4.78 is 6.85. The second-order valence-corrected chi connectivity index (χ2v) is 7.28. The third kappa shape index (κ3) is 3.30. The number of aromatic nitrogens is 1. The van der Waals surface area contributed by atoms with Crippen LogP contribution in [0, 0.1) is 0 Å². The molecular weight excluding hydrogens is 348 g/mol. The Labute approximate surface area is 155 Å². The molecule has 0 aliphatic carbocycles. The molecule has 1 amide bonds. The van der Waals surface area contributed by atoms with Crippen LogP contribution >= 0.6 is 11.3 Å². The van der Waals surface area contributed by atoms with Crippen LogP contribution in [0.5, 0.6) is 5.75 Å². The molecule has 4 rings (SSSR count). The average molecular weight is 368 g/mol. The molecule has 5 nitrogen and oxygen atoms in total. The highest BCUT2D eigenvalue weighted by Gasteiger charge is 2.28. The van der Waals surface area contributed by atoms with E-state index in [0.717, 1.165) is 34.3 Å². The number of ether oxygens (including phenoxy) is 1. The van der Waals surface area contributed by atoms with E-state index in [1.54, 1.807) is 16.2 Å². The van der Waals surface area contributed by atoms with Crippen molar-refractivity contribution in [3.05, 3.63) is 47.8 Å². The molecule has 0 bridgehead atoms. The number of hydrogen-bond donors (Lipinski definition) is 1. The van der Waals surface area contributed by atoms with Crippen LogP contribution in [-0.4, -0.2) is 46.7 Å². The van der Waals surface area contributed by atoms with Gasteiger partial charge in [0.1, 0.15) is 5.75 Å². The molecule has 26 heavy (non-hydrogen) atoms. The van der Waals surface area contributed by atoms with Crippen molar-refractivity contribution in [2.75, 3.05) is 19.8 Å². The minimum absolute atomic E-state index is 0.00826. The minimum Gasteiger partial charge on any atom is -0.482 e. The maximum absolute atomic E-state index is 12.5. The number of fused-ring (bicyclic) bond motifs is 1. The van der Waals surface area contributed by atoms with Crippen molar-refractivity contribution in [3.8, 4) is 17.0 Å². The average Bonchev–Trinajstić information content (AvgIpc) is 3.35. The molecule has 6 heteroatoms. The highest BCUT2D eigenvalue weighted by molar-refractivity contribution is 7.17. The van der Waals surface area contributed by atoms with Crippen LogP contribution in [0.4, 0.5) is 0 Å². The summed E-state index contributed by atoms with van der Waals surface area (Å²) in [6.45, 7) is 0.670. The summed E-state index contributed by atoms with van der Waals surface area (Å²) in [4.78, 5) is 18.9. The van der Waals surface area contributed by atoms with Crippen molar-refractivity contribution < 1.29 is 14.6 Å². The molecule has 1 atom stereocenters. The van der Waals surface area contributed by atoms with E-state index < -0.39 is 0 Å². The lowest BCUT2D eigenvalue weighted by molar-refractivity contribution is -0.134. The zero-order chi connectivity index (χ0) is 17.9. The first-order chi connectivity index (χ1) is 12.8. The van der Waals surface area contributed by atoms with Gasteiger partial charge in [-0.3, -0.25) is 4.79 Å². The number of benzene rings is 1. The number of thiophene rings is 1. The van der Waals surface area contributed by atoms with E-state index in [1.807, 2.05) is 47.8 Å². The van der Waals surface area contributed by atoms with Gasteiger partial charge in [0.2, 0.25) is 0 Å². The Kier molecular flexibility index (Phi) is 4.86. The number of likely N-dealkylation sites (tertiary alicyclic amines) is 1. The first-order valence-electron chi connectivity index (χ1n) is 8.73. The van der Waals surface area contributed by atoms with Crippen LogP contribution in [0.1, 0.15) is 12.8 Å². The standard InChI is InChI=1S/C20H20N2O3S/c23-12-15-7-4-9-22(15)19(24)13-25-18-11-17(14-5-2-1-3-6-14)21-16-8-10-26-20(16)18/h1-3,5-6,8,10-11,15,23H,4,7,9,12-13H2/t15-/m1/s1. The molecule has 0 saturated carbocycles. The van der Waals surface area contributed by atoms with Crippen molar-refractivity contribution in [1.82, 2.24) is 9.88 Å². The molecule has 1 aliphatic rings. The Morgan fingerprint density at radius 3 is 2.96 bits per heavy atom. The third-order valence-electron chi connectivity index (χ3n) is 4.71. The number of pyridine rings is 1. The number of nitrogens with zero attached hydrogens (tertiary/aromatic N) is 2. The lowest BCUT2D eigenvalue weighted by Gasteiger charge is -2.23. The molecule has 3 aromatic rings. The van der Waals surface area contributed by atoms with Crippen LogP contribution in [-0.2, 0) is 4.79 Å². The van der Waals surface area contributed by atoms with Crippen molar-refractivity contribution in [2.45, 2.75) is 18.9 Å². The first kappa shape index (κ1) is 17.0. The Morgan fingerprint density at radius 2 is 2.15 bits per heavy atom. The Hall–Kier alpha value is -2.44. The number of amides is 1. The van der Waals surface area contributed by atoms with Crippen molar-refractivity contribution in [1.29, 1.82) is 0 Å². The summed E-state index contributed by atoms with van der Waals surface area (Å²) in [6.07, 6.45) is 1.78. The molecule has 0 unspecified atom stereocenters. The van der Waals surface area contributed by atoms with E-state index in [1.165, 1.54) is 0 Å². The molecule has 1 saturated heterocycles. The number of aliphatic hydroxyl groups excluding tert-OH is 1. The fraction of sp³-hybridized carbons (Fsp3) is 0.300. The molecule has 1 aliphatic heterocycles. The predicted octanol–water partition coefficient (Wildman–Crippen LogP) is 3.33. The van der Waals surface area contributed by atoms with E-state index in [-0.39, 0.29) is 25.2 Å². The normalized spacial score (nSPS) is 17.0. The van der Waals surface area contributed by atoms with E-state index in [0.29, 0.717) is 12.3 Å². The predicted molar refractivity (Wildman–Crippen MR) is 102 cm³/mol. The van der Waals surface area contributed by atoms with Gasteiger partial charge in [0, 0.05) is 18.2 Å². The fourth-order valence-electron chi connectivity index (χ4n) is 3.37. The largest absolute Gasteiger partial charge is 0.482 e. The molecule has 134 valence electrons. The lowest BCUT2D eigenvalue weighted by Crippen LogP contribution is -2.40. The number of rotatable bonds is 5. The van der Waals surface area contributed by atoms with Crippen LogP contribution in [0.3, 0.4) is 0 Å². The summed E-state index contributed by atoms with van der Waals surface area (Å²) in [7, 11) is 0. The first-order valence-corrected chi connectivity index (χ1v) is 9.61. The van der Waals surface area contributed by atoms with E-state index in [9.17, 15) is 9.90 Å². The van der Waals surface area contributed by atoms with Crippen LogP contribution in [0.15, 0.2) is 47.8 Å². The highest BCUT2D eigenvalue weighted by Crippen LogP contribution is 2.33. The van der Waals surface area contributed by atoms with Crippen LogP contribution in [0.25, 0.3) is 21.5 Å². The molecule has 0 radical (unpaired) electrons. The van der Waals surface area contributed by atoms with Gasteiger partial charge in [-0.05, 0) is 24.3 Å². The van der Waals surface area contributed by atoms with Crippen LogP contribution in [0.2, 0.25) is 0 Å². The zero-order valence-corrected chi connectivity index (χ0v) is 15.1. The van der Waals surface area contributed by atoms with Gasteiger partial charge in [-0.15, -0.1) is 11.3 Å². The van der Waals surface area contributed by atoms with Crippen molar-refractivity contribution in [3.63, 3.8) is 0 Å². The molecule has 3 heterocycles. The summed E-state index contributed by atoms with van der Waals surface area (Å²) in [5.41, 5.74) is 2.71. The lowest BCUT2D eigenvalue weighted by atomic mass is 10.1. The summed E-state index contributed by atoms with van der Waals surface area (Å²) in [5.74, 6) is 0.598. The molecule has 1 fully saturated rings. The van der Waals surface area contributed by atoms with Gasteiger partial charge in [-0.2, -0.15) is 0 Å². The number of hydrogen-bond acceptors (Lipinski definition) is 5. The van der Waals surface area contributed by atoms with Gasteiger partial charge >= 0.3 is 0 Å². The van der Waals surface area contributed by atoms with Crippen molar-refractivity contribution in [2.24, 2.45) is 0 Å². The number of aliphatic hydroxyl groups is 1. The molecule has 0 spiro atoms. The molecule has 1 N–H and O–H groups in total. The zero-order valence-electron chi connectivity index (χ0n) is 14.3. The maximum atomic E-state index is 12.5. The smallest absolute Gasteiger partial charge is 0.260 e. The fourth-order valence-corrected chi connectivity index (χ4v) is 4.17. The second kappa shape index (κ2) is 7.43. The monoisotopic (exact) mass is 368 g/mol. The number of carbonyl (C=O) groups is 1. The van der Waals surface area contributed by atoms with E-state index >= 15 is 0 Å². The quantitative estimate of drug-likeness (QED) is 0.750. The van der Waals surface area contributed by atoms with Crippen LogP contribution < -0.4 is 4.74 Å². The topological polar surface area (TPSA) is 62.7 Å². The maximum Gasteiger partial charge on any atom is 0.260 e. The van der Waals surface area contributed by atoms with Gasteiger partial charge < -0.3 is 14.7 Å².